The maximum atomic E-state index is 10.7. The van der Waals surface area contributed by atoms with Gasteiger partial charge in [0, 0.05) is 5.57 Å². The molecule has 0 aromatic heterocycles. The van der Waals surface area contributed by atoms with Gasteiger partial charge in [-0.3, -0.25) is 0 Å². The SMILES string of the molecule is C=C(CCCCC1CCC2/C(=C/Br)CCCC12C)C(=O)O.CC. The van der Waals surface area contributed by atoms with Crippen molar-refractivity contribution in [2.75, 3.05) is 0 Å². The number of aliphatic carboxylic acids is 1. The fraction of sp³-hybridized carbons (Fsp3) is 0.750. The van der Waals surface area contributed by atoms with E-state index in [0.717, 1.165) is 24.7 Å². The number of hydrogen-bond acceptors (Lipinski definition) is 1. The van der Waals surface area contributed by atoms with Crippen LogP contribution in [0.25, 0.3) is 0 Å². The highest BCUT2D eigenvalue weighted by molar-refractivity contribution is 9.11. The van der Waals surface area contributed by atoms with Gasteiger partial charge < -0.3 is 5.11 Å². The van der Waals surface area contributed by atoms with Crippen LogP contribution in [-0.2, 0) is 4.79 Å². The van der Waals surface area contributed by atoms with Crippen LogP contribution < -0.4 is 0 Å². The second-order valence-electron chi connectivity index (χ2n) is 7.02. The number of carboxylic acids is 1. The lowest BCUT2D eigenvalue weighted by atomic mass is 9.63. The molecular weight excluding hydrogens is 352 g/mol. The lowest BCUT2D eigenvalue weighted by Gasteiger charge is -2.42. The number of carbonyl (C=O) groups is 1. The van der Waals surface area contributed by atoms with Crippen LogP contribution in [0.1, 0.15) is 78.6 Å². The summed E-state index contributed by atoms with van der Waals surface area (Å²) in [5.74, 6) is 0.732. The van der Waals surface area contributed by atoms with Gasteiger partial charge in [-0.25, -0.2) is 4.79 Å². The summed E-state index contributed by atoms with van der Waals surface area (Å²) in [4.78, 5) is 12.9. The zero-order chi connectivity index (χ0) is 17.5. The van der Waals surface area contributed by atoms with E-state index in [1.54, 1.807) is 5.57 Å². The summed E-state index contributed by atoms with van der Waals surface area (Å²) in [7, 11) is 0. The van der Waals surface area contributed by atoms with Crippen molar-refractivity contribution in [1.82, 2.24) is 0 Å². The molecule has 0 aliphatic heterocycles. The van der Waals surface area contributed by atoms with Gasteiger partial charge in [0.1, 0.15) is 0 Å². The van der Waals surface area contributed by atoms with Crippen LogP contribution in [0.5, 0.6) is 0 Å². The Morgan fingerprint density at radius 1 is 1.39 bits per heavy atom. The van der Waals surface area contributed by atoms with Crippen molar-refractivity contribution in [1.29, 1.82) is 0 Å². The quantitative estimate of drug-likeness (QED) is 0.408. The largest absolute Gasteiger partial charge is 0.478 e. The standard InChI is InChI=1S/C18H27BrO2.C2H6/c1-13(17(20)21)6-3-4-8-15-9-10-16-14(12-19)7-5-11-18(15,16)2;1-2/h12,15-16H,1,3-11H2,2H3,(H,20,21);1-2H3/b14-12+;. The van der Waals surface area contributed by atoms with E-state index in [0.29, 0.717) is 17.4 Å². The second kappa shape index (κ2) is 9.66. The van der Waals surface area contributed by atoms with E-state index in [2.05, 4.69) is 34.4 Å². The summed E-state index contributed by atoms with van der Waals surface area (Å²) in [6.45, 7) is 10.1. The maximum absolute atomic E-state index is 10.7. The molecule has 0 heterocycles. The van der Waals surface area contributed by atoms with Gasteiger partial charge in [-0.05, 0) is 73.6 Å². The zero-order valence-electron chi connectivity index (χ0n) is 15.0. The average Bonchev–Trinajstić information content (AvgIpc) is 2.89. The van der Waals surface area contributed by atoms with Crippen LogP contribution in [0.4, 0.5) is 0 Å². The Morgan fingerprint density at radius 3 is 2.70 bits per heavy atom. The van der Waals surface area contributed by atoms with Gasteiger partial charge in [-0.2, -0.15) is 0 Å². The minimum absolute atomic E-state index is 0.354. The zero-order valence-corrected chi connectivity index (χ0v) is 16.6. The van der Waals surface area contributed by atoms with Gasteiger partial charge in [0.05, 0.1) is 0 Å². The molecule has 0 bridgehead atoms. The lowest BCUT2D eigenvalue weighted by molar-refractivity contribution is -0.132. The highest BCUT2D eigenvalue weighted by atomic mass is 79.9. The minimum atomic E-state index is -0.845. The molecule has 2 rings (SSSR count). The number of halogens is 1. The van der Waals surface area contributed by atoms with E-state index in [-0.39, 0.29) is 0 Å². The van der Waals surface area contributed by atoms with Gasteiger partial charge in [0.2, 0.25) is 0 Å². The molecule has 0 amide bonds. The molecule has 0 radical (unpaired) electrons. The van der Waals surface area contributed by atoms with Crippen LogP contribution >= 0.6 is 15.9 Å². The molecule has 2 saturated carbocycles. The Kier molecular flexibility index (Phi) is 8.60. The van der Waals surface area contributed by atoms with Crippen LogP contribution in [0, 0.1) is 17.3 Å². The first-order valence-electron chi connectivity index (χ1n) is 9.19. The molecule has 3 atom stereocenters. The molecule has 1 N–H and O–H groups in total. The molecule has 0 aromatic carbocycles. The van der Waals surface area contributed by atoms with E-state index in [4.69, 9.17) is 5.11 Å². The maximum Gasteiger partial charge on any atom is 0.330 e. The number of unbranched alkanes of at least 4 members (excludes halogenated alkanes) is 1. The fourth-order valence-corrected chi connectivity index (χ4v) is 5.14. The van der Waals surface area contributed by atoms with E-state index in [9.17, 15) is 4.79 Å². The number of carboxylic acid groups (broad SMARTS) is 1. The van der Waals surface area contributed by atoms with E-state index in [1.807, 2.05) is 13.8 Å². The lowest BCUT2D eigenvalue weighted by Crippen LogP contribution is -2.33. The topological polar surface area (TPSA) is 37.3 Å². The molecule has 0 saturated heterocycles. The molecule has 2 nitrogen and oxygen atoms in total. The van der Waals surface area contributed by atoms with Crippen molar-refractivity contribution >= 4 is 21.9 Å². The third-order valence-electron chi connectivity index (χ3n) is 5.88. The Morgan fingerprint density at radius 2 is 2.09 bits per heavy atom. The summed E-state index contributed by atoms with van der Waals surface area (Å²) in [6, 6.07) is 0. The summed E-state index contributed by atoms with van der Waals surface area (Å²) in [5, 5.41) is 8.83. The molecule has 2 aliphatic rings. The van der Waals surface area contributed by atoms with Crippen molar-refractivity contribution < 1.29 is 9.90 Å². The molecule has 3 unspecified atom stereocenters. The van der Waals surface area contributed by atoms with Gasteiger partial charge in [-0.1, -0.05) is 55.3 Å². The molecule has 0 spiro atoms. The molecule has 2 aliphatic carbocycles. The highest BCUT2D eigenvalue weighted by Crippen LogP contribution is 2.58. The number of rotatable bonds is 6. The first kappa shape index (κ1) is 20.5. The Labute approximate surface area is 150 Å². The summed E-state index contributed by atoms with van der Waals surface area (Å²) < 4.78 is 0. The van der Waals surface area contributed by atoms with Crippen molar-refractivity contribution in [3.63, 3.8) is 0 Å². The molecular formula is C20H33BrO2. The van der Waals surface area contributed by atoms with Crippen LogP contribution in [0.2, 0.25) is 0 Å². The first-order chi connectivity index (χ1) is 11.0. The number of allylic oxidation sites excluding steroid dienone is 1. The van der Waals surface area contributed by atoms with Crippen LogP contribution in [-0.4, -0.2) is 11.1 Å². The summed E-state index contributed by atoms with van der Waals surface area (Å²) in [5.41, 5.74) is 2.44. The smallest absolute Gasteiger partial charge is 0.330 e. The van der Waals surface area contributed by atoms with Crippen molar-refractivity contribution in [2.24, 2.45) is 17.3 Å². The number of fused-ring (bicyclic) bond motifs is 1. The van der Waals surface area contributed by atoms with Crippen molar-refractivity contribution in [3.05, 3.63) is 22.7 Å². The predicted molar refractivity (Wildman–Crippen MR) is 102 cm³/mol. The molecule has 2 fully saturated rings. The van der Waals surface area contributed by atoms with Crippen LogP contribution in [0.3, 0.4) is 0 Å². The Bertz CT molecular complexity index is 441. The molecule has 132 valence electrons. The molecule has 23 heavy (non-hydrogen) atoms. The Balaban J connectivity index is 0.00000127. The van der Waals surface area contributed by atoms with E-state index < -0.39 is 5.97 Å². The third kappa shape index (κ3) is 4.95. The highest BCUT2D eigenvalue weighted by Gasteiger charge is 2.48. The van der Waals surface area contributed by atoms with Crippen molar-refractivity contribution in [3.8, 4) is 0 Å². The minimum Gasteiger partial charge on any atom is -0.478 e. The summed E-state index contributed by atoms with van der Waals surface area (Å²) >= 11 is 3.56. The van der Waals surface area contributed by atoms with Gasteiger partial charge in [0.25, 0.3) is 0 Å². The van der Waals surface area contributed by atoms with Crippen molar-refractivity contribution in [2.45, 2.75) is 78.6 Å². The predicted octanol–water partition coefficient (Wildman–Crippen LogP) is 6.71. The summed E-state index contributed by atoms with van der Waals surface area (Å²) in [6.07, 6.45) is 10.6. The fourth-order valence-electron chi connectivity index (χ4n) is 4.59. The number of hydrogen-bond donors (Lipinski definition) is 1. The van der Waals surface area contributed by atoms with Gasteiger partial charge in [0.15, 0.2) is 0 Å². The van der Waals surface area contributed by atoms with Crippen LogP contribution in [0.15, 0.2) is 22.7 Å². The Hall–Kier alpha value is -0.570. The second-order valence-corrected chi connectivity index (χ2v) is 7.48. The van der Waals surface area contributed by atoms with E-state index in [1.165, 1.54) is 38.5 Å². The first-order valence-corrected chi connectivity index (χ1v) is 10.1. The van der Waals surface area contributed by atoms with Gasteiger partial charge in [-0.15, -0.1) is 0 Å². The van der Waals surface area contributed by atoms with E-state index >= 15 is 0 Å². The monoisotopic (exact) mass is 384 g/mol. The normalized spacial score (nSPS) is 31.2. The van der Waals surface area contributed by atoms with Gasteiger partial charge >= 0.3 is 5.97 Å². The molecule has 0 aromatic rings. The third-order valence-corrected chi connectivity index (χ3v) is 6.47. The molecule has 3 heteroatoms. The average molecular weight is 385 g/mol.